The second-order valence-electron chi connectivity index (χ2n) is 5.23. The van der Waals surface area contributed by atoms with E-state index in [0.717, 1.165) is 5.56 Å². The summed E-state index contributed by atoms with van der Waals surface area (Å²) in [6.45, 7) is 6.78. The number of ether oxygens (including phenoxy) is 1. The molecular formula is C14H22ClNO2S. The summed E-state index contributed by atoms with van der Waals surface area (Å²) < 4.78 is 20.5. The van der Waals surface area contributed by atoms with Gasteiger partial charge in [0.2, 0.25) is 0 Å². The molecule has 0 radical (unpaired) electrons. The predicted octanol–water partition coefficient (Wildman–Crippen LogP) is 3.03. The van der Waals surface area contributed by atoms with E-state index in [0.29, 0.717) is 19.1 Å². The van der Waals surface area contributed by atoms with Gasteiger partial charge in [0, 0.05) is 5.88 Å². The van der Waals surface area contributed by atoms with Crippen LogP contribution in [-0.2, 0) is 15.7 Å². The molecule has 0 saturated carbocycles. The normalized spacial score (nSPS) is 15.2. The molecule has 0 amide bonds. The topological polar surface area (TPSA) is 38.3 Å². The van der Waals surface area contributed by atoms with Crippen molar-refractivity contribution in [2.24, 2.45) is 0 Å². The van der Waals surface area contributed by atoms with E-state index in [4.69, 9.17) is 16.3 Å². The zero-order valence-corrected chi connectivity index (χ0v) is 13.3. The summed E-state index contributed by atoms with van der Waals surface area (Å²) in [4.78, 5) is 0. The van der Waals surface area contributed by atoms with Crippen LogP contribution in [0.15, 0.2) is 30.3 Å². The smallest absolute Gasteiger partial charge is 0.0976 e. The summed E-state index contributed by atoms with van der Waals surface area (Å²) in [5.41, 5.74) is 1.06. The monoisotopic (exact) mass is 303 g/mol. The van der Waals surface area contributed by atoms with E-state index in [1.54, 1.807) is 0 Å². The van der Waals surface area contributed by atoms with Crippen molar-refractivity contribution < 1.29 is 8.95 Å². The molecule has 1 aromatic rings. The summed E-state index contributed by atoms with van der Waals surface area (Å²) in [6.07, 6.45) is 0. The minimum absolute atomic E-state index is 0.0931. The standard InChI is InChI=1S/C14H22ClNO2S/c1-14(2,3)19(17)16-13(11-18-10-9-15)12-7-5-4-6-8-12/h4-8,13,16H,9-11H2,1-3H3/t13-,19+/m0/s1. The second-order valence-corrected chi connectivity index (χ2v) is 7.60. The van der Waals surface area contributed by atoms with Crippen molar-refractivity contribution in [3.63, 3.8) is 0 Å². The highest BCUT2D eigenvalue weighted by Crippen LogP contribution is 2.17. The number of alkyl halides is 1. The number of hydrogen-bond acceptors (Lipinski definition) is 2. The molecule has 0 aliphatic carbocycles. The van der Waals surface area contributed by atoms with Gasteiger partial charge in [0.25, 0.3) is 0 Å². The molecule has 0 aliphatic rings. The van der Waals surface area contributed by atoms with Crippen LogP contribution in [0.3, 0.4) is 0 Å². The minimum atomic E-state index is -1.14. The lowest BCUT2D eigenvalue weighted by Crippen LogP contribution is -2.37. The van der Waals surface area contributed by atoms with Gasteiger partial charge in [-0.25, -0.2) is 8.93 Å². The largest absolute Gasteiger partial charge is 0.378 e. The molecular weight excluding hydrogens is 282 g/mol. The highest BCUT2D eigenvalue weighted by molar-refractivity contribution is 7.84. The number of nitrogens with one attached hydrogen (secondary N) is 1. The first-order valence-corrected chi connectivity index (χ1v) is 8.00. The van der Waals surface area contributed by atoms with Gasteiger partial charge in [-0.15, -0.1) is 11.6 Å². The third-order valence-corrected chi connectivity index (χ3v) is 4.28. The Bertz CT molecular complexity index is 392. The van der Waals surface area contributed by atoms with Crippen LogP contribution in [0.4, 0.5) is 0 Å². The van der Waals surface area contributed by atoms with Crippen molar-refractivity contribution in [2.45, 2.75) is 31.6 Å². The van der Waals surface area contributed by atoms with Gasteiger partial charge in [-0.05, 0) is 26.3 Å². The number of halogens is 1. The highest BCUT2D eigenvalue weighted by atomic mass is 35.5. The van der Waals surface area contributed by atoms with Crippen LogP contribution in [0.1, 0.15) is 32.4 Å². The van der Waals surface area contributed by atoms with Crippen molar-refractivity contribution in [3.8, 4) is 0 Å². The van der Waals surface area contributed by atoms with Gasteiger partial charge in [-0.2, -0.15) is 0 Å². The van der Waals surface area contributed by atoms with Gasteiger partial charge >= 0.3 is 0 Å². The maximum atomic E-state index is 12.2. The molecule has 0 fully saturated rings. The van der Waals surface area contributed by atoms with Gasteiger partial charge in [0.1, 0.15) is 0 Å². The predicted molar refractivity (Wildman–Crippen MR) is 81.8 cm³/mol. The van der Waals surface area contributed by atoms with E-state index in [1.807, 2.05) is 51.1 Å². The summed E-state index contributed by atoms with van der Waals surface area (Å²) >= 11 is 5.60. The van der Waals surface area contributed by atoms with Crippen molar-refractivity contribution >= 4 is 22.6 Å². The average molecular weight is 304 g/mol. The third-order valence-electron chi connectivity index (χ3n) is 2.51. The van der Waals surface area contributed by atoms with Crippen LogP contribution in [0, 0.1) is 0 Å². The maximum Gasteiger partial charge on any atom is 0.0976 e. The molecule has 2 atom stereocenters. The average Bonchev–Trinajstić information content (AvgIpc) is 2.37. The fraction of sp³-hybridized carbons (Fsp3) is 0.571. The summed E-state index contributed by atoms with van der Waals surface area (Å²) in [7, 11) is -1.14. The summed E-state index contributed by atoms with van der Waals surface area (Å²) in [6, 6.07) is 9.80. The lowest BCUT2D eigenvalue weighted by atomic mass is 10.1. The molecule has 3 nitrogen and oxygen atoms in total. The van der Waals surface area contributed by atoms with Gasteiger partial charge in [-0.1, -0.05) is 30.3 Å². The molecule has 0 aromatic heterocycles. The van der Waals surface area contributed by atoms with Crippen LogP contribution < -0.4 is 4.72 Å². The minimum Gasteiger partial charge on any atom is -0.378 e. The number of rotatable bonds is 7. The Balaban J connectivity index is 2.73. The molecule has 0 saturated heterocycles. The van der Waals surface area contributed by atoms with Gasteiger partial charge in [-0.3, -0.25) is 0 Å². The molecule has 1 aromatic carbocycles. The fourth-order valence-corrected chi connectivity index (χ4v) is 2.37. The quantitative estimate of drug-likeness (QED) is 0.621. The van der Waals surface area contributed by atoms with E-state index < -0.39 is 11.0 Å². The molecule has 19 heavy (non-hydrogen) atoms. The van der Waals surface area contributed by atoms with Gasteiger partial charge < -0.3 is 4.74 Å². The first-order chi connectivity index (χ1) is 8.95. The molecule has 5 heteroatoms. The van der Waals surface area contributed by atoms with Crippen molar-refractivity contribution in [2.75, 3.05) is 19.1 Å². The van der Waals surface area contributed by atoms with Crippen LogP contribution in [-0.4, -0.2) is 28.0 Å². The van der Waals surface area contributed by atoms with E-state index in [9.17, 15) is 4.21 Å². The lowest BCUT2D eigenvalue weighted by molar-refractivity contribution is 0.131. The van der Waals surface area contributed by atoms with Crippen molar-refractivity contribution in [1.82, 2.24) is 4.72 Å². The summed E-state index contributed by atoms with van der Waals surface area (Å²) in [5.74, 6) is 0.462. The molecule has 0 spiro atoms. The Hall–Kier alpha value is -0.420. The van der Waals surface area contributed by atoms with E-state index >= 15 is 0 Å². The van der Waals surface area contributed by atoms with E-state index in [-0.39, 0.29) is 10.8 Å². The first-order valence-electron chi connectivity index (χ1n) is 6.32. The van der Waals surface area contributed by atoms with E-state index in [1.165, 1.54) is 0 Å². The molecule has 0 unspecified atom stereocenters. The van der Waals surface area contributed by atoms with Crippen molar-refractivity contribution in [3.05, 3.63) is 35.9 Å². The molecule has 0 bridgehead atoms. The van der Waals surface area contributed by atoms with E-state index in [2.05, 4.69) is 4.72 Å². The van der Waals surface area contributed by atoms with Crippen molar-refractivity contribution in [1.29, 1.82) is 0 Å². The highest BCUT2D eigenvalue weighted by Gasteiger charge is 2.23. The van der Waals surface area contributed by atoms with Gasteiger partial charge in [0.05, 0.1) is 35.0 Å². The van der Waals surface area contributed by atoms with Crippen LogP contribution in [0.5, 0.6) is 0 Å². The zero-order chi connectivity index (χ0) is 14.3. The Kier molecular flexibility index (Phi) is 7.00. The summed E-state index contributed by atoms with van der Waals surface area (Å²) in [5, 5.41) is 0. The Labute approximate surface area is 123 Å². The zero-order valence-electron chi connectivity index (χ0n) is 11.7. The Morgan fingerprint density at radius 3 is 2.47 bits per heavy atom. The lowest BCUT2D eigenvalue weighted by Gasteiger charge is -2.24. The molecule has 108 valence electrons. The molecule has 0 aliphatic heterocycles. The Morgan fingerprint density at radius 2 is 1.95 bits per heavy atom. The molecule has 1 rings (SSSR count). The SMILES string of the molecule is CC(C)(C)[S@@](=O)N[C@@H](COCCCl)c1ccccc1. The van der Waals surface area contributed by atoms with Crippen LogP contribution >= 0.6 is 11.6 Å². The van der Waals surface area contributed by atoms with Crippen LogP contribution in [0.2, 0.25) is 0 Å². The van der Waals surface area contributed by atoms with Crippen LogP contribution in [0.25, 0.3) is 0 Å². The Morgan fingerprint density at radius 1 is 1.32 bits per heavy atom. The molecule has 1 N–H and O–H groups in total. The molecule has 0 heterocycles. The number of hydrogen-bond donors (Lipinski definition) is 1. The fourth-order valence-electron chi connectivity index (χ4n) is 1.45. The maximum absolute atomic E-state index is 12.2. The van der Waals surface area contributed by atoms with Gasteiger partial charge in [0.15, 0.2) is 0 Å². The second kappa shape index (κ2) is 8.00. The third kappa shape index (κ3) is 6.04. The first kappa shape index (κ1) is 16.6. The number of benzene rings is 1.